The fourth-order valence-corrected chi connectivity index (χ4v) is 7.73. The fraction of sp³-hybridized carbons (Fsp3) is 0.115. The van der Waals surface area contributed by atoms with Crippen molar-refractivity contribution >= 4 is 28.6 Å². The van der Waals surface area contributed by atoms with E-state index in [-0.39, 0.29) is 0 Å². The van der Waals surface area contributed by atoms with E-state index >= 15 is 0 Å². The van der Waals surface area contributed by atoms with Crippen LogP contribution in [0.4, 0.5) is 0 Å². The first-order valence-corrected chi connectivity index (χ1v) is 11.4. The molecule has 0 aliphatic carbocycles. The van der Waals surface area contributed by atoms with E-state index in [1.807, 2.05) is 12.3 Å². The Morgan fingerprint density at radius 1 is 0.500 bits per heavy atom. The Labute approximate surface area is 168 Å². The average Bonchev–Trinajstić information content (AvgIpc) is 2.73. The fourth-order valence-electron chi connectivity index (χ4n) is 3.70. The monoisotopic (exact) mass is 382 g/mol. The third kappa shape index (κ3) is 3.28. The predicted molar refractivity (Wildman–Crippen MR) is 123 cm³/mol. The third-order valence-corrected chi connectivity index (χ3v) is 9.43. The predicted octanol–water partition coefficient (Wildman–Crippen LogP) is 4.63. The zero-order valence-electron chi connectivity index (χ0n) is 16.6. The van der Waals surface area contributed by atoms with Crippen molar-refractivity contribution in [1.82, 2.24) is 4.98 Å². The van der Waals surface area contributed by atoms with Crippen LogP contribution in [0.25, 0.3) is 0 Å². The molecule has 0 saturated carbocycles. The maximum Gasteiger partial charge on any atom is 0.198 e. The maximum absolute atomic E-state index is 4.90. The van der Waals surface area contributed by atoms with E-state index in [9.17, 15) is 0 Å². The first kappa shape index (κ1) is 18.6. The number of aryl methyl sites for hydroxylation is 3. The van der Waals surface area contributed by atoms with Crippen molar-refractivity contribution in [2.75, 3.05) is 0 Å². The summed E-state index contributed by atoms with van der Waals surface area (Å²) in [6, 6.07) is 33.3. The Kier molecular flexibility index (Phi) is 5.11. The average molecular weight is 382 g/mol. The van der Waals surface area contributed by atoms with Crippen LogP contribution in [-0.2, 0) is 0 Å². The van der Waals surface area contributed by atoms with Gasteiger partial charge in [0.05, 0.1) is 0 Å². The molecule has 28 heavy (non-hydrogen) atoms. The topological polar surface area (TPSA) is 12.9 Å². The lowest BCUT2D eigenvalue weighted by molar-refractivity contribution is 1.39. The molecular weight excluding hydrogens is 357 g/mol. The van der Waals surface area contributed by atoms with Gasteiger partial charge < -0.3 is 0 Å². The third-order valence-electron chi connectivity index (χ3n) is 5.26. The zero-order chi connectivity index (χ0) is 19.6. The number of aromatic nitrogens is 1. The molecule has 1 aromatic heterocycles. The van der Waals surface area contributed by atoms with Gasteiger partial charge in [0, 0.05) is 12.3 Å². The number of hydrogen-bond donors (Lipinski definition) is 0. The SMILES string of the molecule is Cc1ccc([P+](c2ccc(C)cc2)(c2ccc(C)cc2)c2ccccn2)cc1. The molecule has 2 heteroatoms. The van der Waals surface area contributed by atoms with Gasteiger partial charge in [-0.1, -0.05) is 59.2 Å². The van der Waals surface area contributed by atoms with Gasteiger partial charge in [0.1, 0.15) is 15.9 Å². The van der Waals surface area contributed by atoms with Crippen LogP contribution in [0, 0.1) is 20.8 Å². The summed E-state index contributed by atoms with van der Waals surface area (Å²) >= 11 is 0. The smallest absolute Gasteiger partial charge is 0.198 e. The van der Waals surface area contributed by atoms with Gasteiger partial charge in [-0.3, -0.25) is 0 Å². The Hall–Kier alpha value is -2.76. The first-order valence-electron chi connectivity index (χ1n) is 9.63. The highest BCUT2D eigenvalue weighted by atomic mass is 31.2. The van der Waals surface area contributed by atoms with Gasteiger partial charge in [0.25, 0.3) is 0 Å². The first-order chi connectivity index (χ1) is 13.6. The summed E-state index contributed by atoms with van der Waals surface area (Å²) < 4.78 is 0. The minimum atomic E-state index is -2.08. The summed E-state index contributed by atoms with van der Waals surface area (Å²) in [7, 11) is -2.08. The molecule has 0 spiro atoms. The molecule has 0 aliphatic heterocycles. The van der Waals surface area contributed by atoms with Crippen molar-refractivity contribution in [1.29, 1.82) is 0 Å². The van der Waals surface area contributed by atoms with Crippen molar-refractivity contribution in [3.05, 3.63) is 114 Å². The van der Waals surface area contributed by atoms with Crippen molar-refractivity contribution in [3.8, 4) is 0 Å². The van der Waals surface area contributed by atoms with Crippen LogP contribution in [0.15, 0.2) is 97.2 Å². The minimum Gasteiger partial charge on any atom is -0.221 e. The van der Waals surface area contributed by atoms with Crippen molar-refractivity contribution in [2.45, 2.75) is 20.8 Å². The van der Waals surface area contributed by atoms with Gasteiger partial charge in [0.2, 0.25) is 0 Å². The van der Waals surface area contributed by atoms with Gasteiger partial charge in [-0.15, -0.1) is 0 Å². The normalized spacial score (nSPS) is 11.4. The molecule has 0 saturated heterocycles. The van der Waals surface area contributed by atoms with Crippen molar-refractivity contribution in [2.24, 2.45) is 0 Å². The summed E-state index contributed by atoms with van der Waals surface area (Å²) in [4.78, 5) is 4.90. The second-order valence-electron chi connectivity index (χ2n) is 7.37. The number of pyridine rings is 1. The van der Waals surface area contributed by atoms with Crippen LogP contribution in [0.3, 0.4) is 0 Å². The minimum absolute atomic E-state index is 1.14. The van der Waals surface area contributed by atoms with E-state index in [4.69, 9.17) is 4.98 Å². The summed E-state index contributed by atoms with van der Waals surface area (Å²) in [5.41, 5.74) is 4.97. The molecule has 1 heterocycles. The van der Waals surface area contributed by atoms with Gasteiger partial charge in [-0.2, -0.15) is 0 Å². The van der Waals surface area contributed by atoms with E-state index in [1.54, 1.807) is 0 Å². The Balaban J connectivity index is 2.11. The van der Waals surface area contributed by atoms with Crippen molar-refractivity contribution in [3.63, 3.8) is 0 Å². The largest absolute Gasteiger partial charge is 0.221 e. The van der Waals surface area contributed by atoms with Crippen LogP contribution in [-0.4, -0.2) is 4.98 Å². The van der Waals surface area contributed by atoms with Crippen LogP contribution in [0.5, 0.6) is 0 Å². The van der Waals surface area contributed by atoms with Gasteiger partial charge >= 0.3 is 0 Å². The molecule has 4 aromatic rings. The number of rotatable bonds is 4. The highest BCUT2D eigenvalue weighted by molar-refractivity contribution is 8.01. The molecule has 0 bridgehead atoms. The van der Waals surface area contributed by atoms with Crippen LogP contribution < -0.4 is 21.3 Å². The lowest BCUT2D eigenvalue weighted by Gasteiger charge is -2.26. The zero-order valence-corrected chi connectivity index (χ0v) is 17.5. The molecule has 3 aromatic carbocycles. The van der Waals surface area contributed by atoms with Crippen LogP contribution in [0.1, 0.15) is 16.7 Å². The van der Waals surface area contributed by atoms with Crippen LogP contribution >= 0.6 is 7.26 Å². The Morgan fingerprint density at radius 3 is 1.21 bits per heavy atom. The van der Waals surface area contributed by atoms with Gasteiger partial charge in [-0.25, -0.2) is 4.98 Å². The number of hydrogen-bond acceptors (Lipinski definition) is 1. The molecule has 4 rings (SSSR count). The molecule has 0 N–H and O–H groups in total. The second kappa shape index (κ2) is 7.70. The van der Waals surface area contributed by atoms with E-state index < -0.39 is 7.26 Å². The van der Waals surface area contributed by atoms with E-state index in [1.165, 1.54) is 32.6 Å². The lowest BCUT2D eigenvalue weighted by Crippen LogP contribution is -2.39. The molecule has 0 unspecified atom stereocenters. The molecule has 138 valence electrons. The second-order valence-corrected chi connectivity index (χ2v) is 10.7. The summed E-state index contributed by atoms with van der Waals surface area (Å²) in [5.74, 6) is 0. The van der Waals surface area contributed by atoms with Gasteiger partial charge in [-0.05, 0) is 63.2 Å². The molecule has 1 nitrogen and oxygen atoms in total. The van der Waals surface area contributed by atoms with Gasteiger partial charge in [0.15, 0.2) is 12.7 Å². The van der Waals surface area contributed by atoms with Crippen LogP contribution in [0.2, 0.25) is 0 Å². The highest BCUT2D eigenvalue weighted by Crippen LogP contribution is 2.53. The lowest BCUT2D eigenvalue weighted by atomic mass is 10.2. The molecule has 0 amide bonds. The number of nitrogens with zero attached hydrogens (tertiary/aromatic N) is 1. The number of benzene rings is 3. The van der Waals surface area contributed by atoms with E-state index in [2.05, 4.69) is 106 Å². The standard InChI is InChI=1S/C26H25NP/c1-20-7-13-23(14-8-20)28(26-6-4-5-19-27-26,24-15-9-21(2)10-16-24)25-17-11-22(3)12-18-25/h4-19H,1-3H3/q+1. The Morgan fingerprint density at radius 2 is 0.893 bits per heavy atom. The quantitative estimate of drug-likeness (QED) is 0.469. The maximum atomic E-state index is 4.90. The Bertz CT molecular complexity index is 939. The van der Waals surface area contributed by atoms with Crippen molar-refractivity contribution < 1.29 is 0 Å². The summed E-state index contributed by atoms with van der Waals surface area (Å²) in [6.07, 6.45) is 1.92. The molecule has 0 fully saturated rings. The summed E-state index contributed by atoms with van der Waals surface area (Å²) in [6.45, 7) is 6.42. The molecule has 0 radical (unpaired) electrons. The summed E-state index contributed by atoms with van der Waals surface area (Å²) in [5, 5.41) is 4.01. The van der Waals surface area contributed by atoms with E-state index in [0.29, 0.717) is 0 Å². The van der Waals surface area contributed by atoms with E-state index in [0.717, 1.165) is 5.44 Å². The molecular formula is C26H25NP+. The molecule has 0 aliphatic rings. The highest BCUT2D eigenvalue weighted by Gasteiger charge is 2.49. The molecule has 0 atom stereocenters.